The maximum absolute atomic E-state index is 11.7. The van der Waals surface area contributed by atoms with Crippen LogP contribution in [0.25, 0.3) is 22.5 Å². The number of alkyl carbamates (subject to hydrolysis) is 1. The maximum Gasteiger partial charge on any atom is 0.407 e. The molecule has 4 aromatic rings. The second-order valence-corrected chi connectivity index (χ2v) is 8.80. The number of amides is 1. The molecule has 0 unspecified atom stereocenters. The first kappa shape index (κ1) is 25.6. The summed E-state index contributed by atoms with van der Waals surface area (Å²) in [7, 11) is 0. The Kier molecular flexibility index (Phi) is 9.09. The van der Waals surface area contributed by atoms with E-state index in [4.69, 9.17) is 10.5 Å². The fourth-order valence-electron chi connectivity index (χ4n) is 3.40. The van der Waals surface area contributed by atoms with Crippen molar-refractivity contribution in [2.24, 2.45) is 5.73 Å². The second kappa shape index (κ2) is 12.4. The van der Waals surface area contributed by atoms with Crippen LogP contribution in [0.15, 0.2) is 97.3 Å². The van der Waals surface area contributed by atoms with Crippen molar-refractivity contribution in [1.29, 1.82) is 0 Å². The van der Waals surface area contributed by atoms with Gasteiger partial charge in [0.25, 0.3) is 0 Å². The van der Waals surface area contributed by atoms with E-state index in [0.29, 0.717) is 13.1 Å². The number of pyridine rings is 2. The molecule has 2 aromatic heterocycles. The molecule has 0 saturated carbocycles. The molecule has 0 bridgehead atoms. The SMILES string of the molecule is CC(C)(C)OC(=O)NCc1ccccc1-c1ccccn1.NCc1ccccc1-c1ccccn1. The van der Waals surface area contributed by atoms with Gasteiger partial charge in [-0.3, -0.25) is 9.97 Å². The van der Waals surface area contributed by atoms with Gasteiger partial charge in [-0.05, 0) is 56.2 Å². The Balaban J connectivity index is 0.000000211. The van der Waals surface area contributed by atoms with Crippen molar-refractivity contribution >= 4 is 6.09 Å². The highest BCUT2D eigenvalue weighted by Crippen LogP contribution is 2.22. The first-order valence-electron chi connectivity index (χ1n) is 11.5. The van der Waals surface area contributed by atoms with E-state index in [2.05, 4.69) is 15.3 Å². The third-order valence-electron chi connectivity index (χ3n) is 4.96. The predicted molar refractivity (Wildman–Crippen MR) is 140 cm³/mol. The molecule has 0 aliphatic rings. The number of carbonyl (C=O) groups is 1. The fourth-order valence-corrected chi connectivity index (χ4v) is 3.40. The van der Waals surface area contributed by atoms with Gasteiger partial charge in [-0.25, -0.2) is 4.79 Å². The third kappa shape index (κ3) is 8.05. The van der Waals surface area contributed by atoms with Crippen LogP contribution >= 0.6 is 0 Å². The zero-order valence-electron chi connectivity index (χ0n) is 20.4. The van der Waals surface area contributed by atoms with Crippen LogP contribution in [-0.4, -0.2) is 21.7 Å². The molecule has 0 spiro atoms. The van der Waals surface area contributed by atoms with Gasteiger partial charge in [0, 0.05) is 36.6 Å². The minimum Gasteiger partial charge on any atom is -0.444 e. The molecule has 1 amide bonds. The van der Waals surface area contributed by atoms with Crippen molar-refractivity contribution in [2.75, 3.05) is 0 Å². The van der Waals surface area contributed by atoms with E-state index in [0.717, 1.165) is 33.6 Å². The van der Waals surface area contributed by atoms with Gasteiger partial charge in [-0.15, -0.1) is 0 Å². The number of nitrogens with zero attached hydrogens (tertiary/aromatic N) is 2. The maximum atomic E-state index is 11.7. The summed E-state index contributed by atoms with van der Waals surface area (Å²) in [5.41, 5.74) is 11.3. The van der Waals surface area contributed by atoms with Crippen LogP contribution in [0, 0.1) is 0 Å². The number of nitrogens with two attached hydrogens (primary N) is 1. The Morgan fingerprint density at radius 2 is 1.26 bits per heavy atom. The summed E-state index contributed by atoms with van der Waals surface area (Å²) < 4.78 is 5.24. The van der Waals surface area contributed by atoms with Gasteiger partial charge in [0.05, 0.1) is 11.4 Å². The molecular weight excluding hydrogens is 436 g/mol. The highest BCUT2D eigenvalue weighted by atomic mass is 16.6. The van der Waals surface area contributed by atoms with Crippen molar-refractivity contribution in [1.82, 2.24) is 15.3 Å². The molecule has 35 heavy (non-hydrogen) atoms. The standard InChI is InChI=1S/C17H20N2O2.C12H12N2/c1-17(2,3)21-16(20)19-12-13-8-4-5-9-14(13)15-10-6-7-11-18-15;13-9-10-5-1-2-6-11(10)12-7-3-4-8-14-12/h4-11H,12H2,1-3H3,(H,19,20);1-8H,9,13H2. The van der Waals surface area contributed by atoms with Crippen molar-refractivity contribution < 1.29 is 9.53 Å². The van der Waals surface area contributed by atoms with Gasteiger partial charge in [-0.2, -0.15) is 0 Å². The summed E-state index contributed by atoms with van der Waals surface area (Å²) in [5.74, 6) is 0. The summed E-state index contributed by atoms with van der Waals surface area (Å²) in [5, 5.41) is 2.78. The van der Waals surface area contributed by atoms with Gasteiger partial charge in [-0.1, -0.05) is 60.7 Å². The number of ether oxygens (including phenoxy) is 1. The van der Waals surface area contributed by atoms with Crippen molar-refractivity contribution in [2.45, 2.75) is 39.5 Å². The Hall–Kier alpha value is -4.03. The van der Waals surface area contributed by atoms with Crippen molar-refractivity contribution in [3.8, 4) is 22.5 Å². The minimum absolute atomic E-state index is 0.404. The number of aromatic nitrogens is 2. The Morgan fingerprint density at radius 1 is 0.771 bits per heavy atom. The van der Waals surface area contributed by atoms with E-state index in [1.54, 1.807) is 12.4 Å². The number of hydrogen-bond donors (Lipinski definition) is 2. The second-order valence-electron chi connectivity index (χ2n) is 8.80. The lowest BCUT2D eigenvalue weighted by molar-refractivity contribution is 0.0523. The summed E-state index contributed by atoms with van der Waals surface area (Å²) in [6, 6.07) is 27.6. The Bertz CT molecular complexity index is 1210. The average molecular weight is 469 g/mol. The van der Waals surface area contributed by atoms with Gasteiger partial charge < -0.3 is 15.8 Å². The highest BCUT2D eigenvalue weighted by Gasteiger charge is 2.16. The summed E-state index contributed by atoms with van der Waals surface area (Å²) in [6.07, 6.45) is 3.13. The molecule has 0 atom stereocenters. The highest BCUT2D eigenvalue weighted by molar-refractivity contribution is 5.69. The van der Waals surface area contributed by atoms with E-state index in [1.165, 1.54) is 0 Å². The molecule has 0 saturated heterocycles. The van der Waals surface area contributed by atoms with E-state index in [-0.39, 0.29) is 0 Å². The summed E-state index contributed by atoms with van der Waals surface area (Å²) in [6.45, 7) is 6.48. The van der Waals surface area contributed by atoms with Crippen LogP contribution in [-0.2, 0) is 17.8 Å². The number of nitrogens with one attached hydrogen (secondary N) is 1. The molecule has 6 heteroatoms. The van der Waals surface area contributed by atoms with Crippen LogP contribution in [0.4, 0.5) is 4.79 Å². The minimum atomic E-state index is -0.495. The summed E-state index contributed by atoms with van der Waals surface area (Å²) in [4.78, 5) is 20.4. The smallest absolute Gasteiger partial charge is 0.407 e. The van der Waals surface area contributed by atoms with E-state index in [9.17, 15) is 4.79 Å². The molecule has 2 heterocycles. The summed E-state index contributed by atoms with van der Waals surface area (Å²) >= 11 is 0. The van der Waals surface area contributed by atoms with Crippen LogP contribution in [0.2, 0.25) is 0 Å². The number of benzene rings is 2. The van der Waals surface area contributed by atoms with Crippen LogP contribution in [0.3, 0.4) is 0 Å². The molecular formula is C29H32N4O2. The quantitative estimate of drug-likeness (QED) is 0.376. The first-order chi connectivity index (χ1) is 16.9. The van der Waals surface area contributed by atoms with E-state index < -0.39 is 11.7 Å². The third-order valence-corrected chi connectivity index (χ3v) is 4.96. The van der Waals surface area contributed by atoms with Gasteiger partial charge in [0.1, 0.15) is 5.60 Å². The largest absolute Gasteiger partial charge is 0.444 e. The monoisotopic (exact) mass is 468 g/mol. The molecule has 6 nitrogen and oxygen atoms in total. The fraction of sp³-hybridized carbons (Fsp3) is 0.207. The van der Waals surface area contributed by atoms with Crippen LogP contribution in [0.1, 0.15) is 31.9 Å². The zero-order valence-corrected chi connectivity index (χ0v) is 20.4. The average Bonchev–Trinajstić information content (AvgIpc) is 2.88. The zero-order chi connectivity index (χ0) is 25.1. The molecule has 0 aliphatic heterocycles. The van der Waals surface area contributed by atoms with Gasteiger partial charge >= 0.3 is 6.09 Å². The Labute approximate surface area is 207 Å². The topological polar surface area (TPSA) is 90.1 Å². The lowest BCUT2D eigenvalue weighted by Crippen LogP contribution is -2.32. The van der Waals surface area contributed by atoms with Crippen LogP contribution in [0.5, 0.6) is 0 Å². The van der Waals surface area contributed by atoms with Gasteiger partial charge in [0.15, 0.2) is 0 Å². The molecule has 3 N–H and O–H groups in total. The number of carbonyl (C=O) groups excluding carboxylic acids is 1. The van der Waals surface area contributed by atoms with Crippen molar-refractivity contribution in [3.05, 3.63) is 108 Å². The normalized spacial score (nSPS) is 10.6. The molecule has 180 valence electrons. The molecule has 2 aromatic carbocycles. The lowest BCUT2D eigenvalue weighted by Gasteiger charge is -2.20. The van der Waals surface area contributed by atoms with Gasteiger partial charge in [0.2, 0.25) is 0 Å². The lowest BCUT2D eigenvalue weighted by atomic mass is 10.0. The predicted octanol–water partition coefficient (Wildman–Crippen LogP) is 5.98. The number of rotatable bonds is 5. The van der Waals surface area contributed by atoms with Crippen molar-refractivity contribution in [3.63, 3.8) is 0 Å². The molecule has 0 aliphatic carbocycles. The Morgan fingerprint density at radius 3 is 1.74 bits per heavy atom. The van der Waals surface area contributed by atoms with E-state index >= 15 is 0 Å². The number of hydrogen-bond acceptors (Lipinski definition) is 5. The van der Waals surface area contributed by atoms with Crippen LogP contribution < -0.4 is 11.1 Å². The first-order valence-corrected chi connectivity index (χ1v) is 11.5. The molecule has 0 fully saturated rings. The van der Waals surface area contributed by atoms with E-state index in [1.807, 2.05) is 106 Å². The molecule has 0 radical (unpaired) electrons. The molecule has 4 rings (SSSR count).